The largest absolute Gasteiger partial charge is 0.481 e. The van der Waals surface area contributed by atoms with E-state index in [-0.39, 0.29) is 18.5 Å². The van der Waals surface area contributed by atoms with Crippen LogP contribution in [0.3, 0.4) is 0 Å². The van der Waals surface area contributed by atoms with E-state index in [1.807, 2.05) is 0 Å². The summed E-state index contributed by atoms with van der Waals surface area (Å²) in [5.74, 6) is -1.93. The molecule has 0 bridgehead atoms. The van der Waals surface area contributed by atoms with Crippen molar-refractivity contribution in [2.75, 3.05) is 0 Å². The molecule has 0 amide bonds. The molecule has 0 unspecified atom stereocenters. The van der Waals surface area contributed by atoms with Crippen molar-refractivity contribution >= 4 is 11.7 Å². The smallest absolute Gasteiger partial charge is 0.304 e. The first-order valence-corrected chi connectivity index (χ1v) is 5.54. The lowest BCUT2D eigenvalue weighted by atomic mass is 10.2. The molecule has 2 aromatic rings. The molecule has 0 aliphatic carbocycles. The summed E-state index contributed by atoms with van der Waals surface area (Å²) < 4.78 is 14.7. The average molecular weight is 280 g/mol. The third kappa shape index (κ3) is 2.94. The zero-order chi connectivity index (χ0) is 14.7. The fourth-order valence-electron chi connectivity index (χ4n) is 1.56. The first kappa shape index (κ1) is 13.6. The highest BCUT2D eigenvalue weighted by atomic mass is 19.1. The van der Waals surface area contributed by atoms with Crippen molar-refractivity contribution in [1.29, 1.82) is 0 Å². The standard InChI is InChI=1S/C11H9FN4O4/c12-9-5-8(2-3-10(9)16(19)20)15-6-7(13-14-15)1-4-11(17)18/h2-3,5-6H,1,4H2,(H,17,18). The molecular weight excluding hydrogens is 271 g/mol. The fourth-order valence-corrected chi connectivity index (χ4v) is 1.56. The molecule has 0 saturated heterocycles. The summed E-state index contributed by atoms with van der Waals surface area (Å²) in [6.07, 6.45) is 1.56. The second-order valence-electron chi connectivity index (χ2n) is 3.94. The van der Waals surface area contributed by atoms with Gasteiger partial charge in [0.05, 0.1) is 28.9 Å². The van der Waals surface area contributed by atoms with Crippen LogP contribution in [0.15, 0.2) is 24.4 Å². The van der Waals surface area contributed by atoms with E-state index in [1.54, 1.807) is 0 Å². The zero-order valence-corrected chi connectivity index (χ0v) is 10.1. The monoisotopic (exact) mass is 280 g/mol. The molecular formula is C11H9FN4O4. The second kappa shape index (κ2) is 5.43. The molecule has 0 saturated carbocycles. The Kier molecular flexibility index (Phi) is 3.69. The zero-order valence-electron chi connectivity index (χ0n) is 10.1. The summed E-state index contributed by atoms with van der Waals surface area (Å²) in [4.78, 5) is 20.1. The van der Waals surface area contributed by atoms with E-state index < -0.39 is 22.4 Å². The van der Waals surface area contributed by atoms with Gasteiger partial charge < -0.3 is 5.11 Å². The maximum Gasteiger partial charge on any atom is 0.304 e. The second-order valence-corrected chi connectivity index (χ2v) is 3.94. The van der Waals surface area contributed by atoms with Crippen LogP contribution in [0.5, 0.6) is 0 Å². The summed E-state index contributed by atoms with van der Waals surface area (Å²) in [5.41, 5.74) is 0.0771. The molecule has 2 rings (SSSR count). The van der Waals surface area contributed by atoms with Crippen molar-refractivity contribution < 1.29 is 19.2 Å². The molecule has 1 aromatic carbocycles. The number of carbonyl (C=O) groups is 1. The van der Waals surface area contributed by atoms with E-state index in [0.29, 0.717) is 5.69 Å². The number of halogens is 1. The van der Waals surface area contributed by atoms with Gasteiger partial charge in [-0.3, -0.25) is 14.9 Å². The number of benzene rings is 1. The van der Waals surface area contributed by atoms with Gasteiger partial charge in [-0.25, -0.2) is 4.68 Å². The van der Waals surface area contributed by atoms with Gasteiger partial charge in [0.15, 0.2) is 0 Å². The molecule has 1 aromatic heterocycles. The van der Waals surface area contributed by atoms with Gasteiger partial charge in [-0.15, -0.1) is 5.10 Å². The first-order valence-electron chi connectivity index (χ1n) is 5.54. The number of aromatic nitrogens is 3. The first-order chi connectivity index (χ1) is 9.47. The number of rotatable bonds is 5. The Labute approximate surface area is 111 Å². The van der Waals surface area contributed by atoms with Crippen molar-refractivity contribution in [3.63, 3.8) is 0 Å². The van der Waals surface area contributed by atoms with Crippen LogP contribution in [0.1, 0.15) is 12.1 Å². The van der Waals surface area contributed by atoms with Crippen molar-refractivity contribution in [3.8, 4) is 5.69 Å². The van der Waals surface area contributed by atoms with Gasteiger partial charge in [-0.2, -0.15) is 4.39 Å². The van der Waals surface area contributed by atoms with Gasteiger partial charge in [0.25, 0.3) is 0 Å². The fraction of sp³-hybridized carbons (Fsp3) is 0.182. The van der Waals surface area contributed by atoms with E-state index in [0.717, 1.165) is 12.1 Å². The van der Waals surface area contributed by atoms with Gasteiger partial charge in [-0.1, -0.05) is 5.21 Å². The molecule has 0 radical (unpaired) electrons. The number of nitro benzene ring substituents is 1. The van der Waals surface area contributed by atoms with Gasteiger partial charge in [0.1, 0.15) is 0 Å². The number of carboxylic acid groups (broad SMARTS) is 1. The quantitative estimate of drug-likeness (QED) is 0.653. The molecule has 8 nitrogen and oxygen atoms in total. The minimum Gasteiger partial charge on any atom is -0.481 e. The molecule has 1 heterocycles. The average Bonchev–Trinajstić information content (AvgIpc) is 2.84. The highest BCUT2D eigenvalue weighted by molar-refractivity contribution is 5.66. The van der Waals surface area contributed by atoms with Crippen LogP contribution < -0.4 is 0 Å². The molecule has 104 valence electrons. The summed E-state index contributed by atoms with van der Waals surface area (Å²) >= 11 is 0. The van der Waals surface area contributed by atoms with Gasteiger partial charge in [0.2, 0.25) is 5.82 Å². The lowest BCUT2D eigenvalue weighted by molar-refractivity contribution is -0.387. The van der Waals surface area contributed by atoms with Crippen LogP contribution in [-0.2, 0) is 11.2 Å². The number of aryl methyl sites for hydroxylation is 1. The lowest BCUT2D eigenvalue weighted by Gasteiger charge is -2.00. The maximum absolute atomic E-state index is 13.5. The lowest BCUT2D eigenvalue weighted by Crippen LogP contribution is -1.98. The third-order valence-corrected chi connectivity index (χ3v) is 2.53. The molecule has 0 aliphatic rings. The van der Waals surface area contributed by atoms with E-state index >= 15 is 0 Å². The highest BCUT2D eigenvalue weighted by Gasteiger charge is 2.15. The number of aliphatic carboxylic acids is 1. The van der Waals surface area contributed by atoms with Crippen molar-refractivity contribution in [1.82, 2.24) is 15.0 Å². The number of carboxylic acids is 1. The Hall–Kier alpha value is -2.84. The normalized spacial score (nSPS) is 10.4. The molecule has 0 spiro atoms. The predicted molar refractivity (Wildman–Crippen MR) is 63.9 cm³/mol. The van der Waals surface area contributed by atoms with Crippen molar-refractivity contribution in [2.45, 2.75) is 12.8 Å². The summed E-state index contributed by atoms with van der Waals surface area (Å²) in [5, 5.41) is 26.5. The van der Waals surface area contributed by atoms with E-state index in [4.69, 9.17) is 5.11 Å². The van der Waals surface area contributed by atoms with Crippen LogP contribution in [0.2, 0.25) is 0 Å². The van der Waals surface area contributed by atoms with Crippen LogP contribution >= 0.6 is 0 Å². The predicted octanol–water partition coefficient (Wildman–Crippen LogP) is 1.33. The van der Waals surface area contributed by atoms with Crippen LogP contribution in [-0.4, -0.2) is 31.0 Å². The van der Waals surface area contributed by atoms with E-state index in [1.165, 1.54) is 16.9 Å². The Balaban J connectivity index is 2.22. The van der Waals surface area contributed by atoms with Crippen LogP contribution in [0, 0.1) is 15.9 Å². The Morgan fingerprint density at radius 2 is 2.25 bits per heavy atom. The van der Waals surface area contributed by atoms with E-state index in [2.05, 4.69) is 10.3 Å². The SMILES string of the molecule is O=C(O)CCc1cn(-c2ccc([N+](=O)[O-])c(F)c2)nn1. The van der Waals surface area contributed by atoms with Crippen LogP contribution in [0.4, 0.5) is 10.1 Å². The summed E-state index contributed by atoms with van der Waals surface area (Å²) in [6, 6.07) is 3.33. The molecule has 0 fully saturated rings. The van der Waals surface area contributed by atoms with Gasteiger partial charge in [-0.05, 0) is 6.07 Å². The molecule has 20 heavy (non-hydrogen) atoms. The molecule has 0 aliphatic heterocycles. The van der Waals surface area contributed by atoms with Crippen molar-refractivity contribution in [3.05, 3.63) is 46.0 Å². The van der Waals surface area contributed by atoms with Gasteiger partial charge >= 0.3 is 11.7 Å². The topological polar surface area (TPSA) is 111 Å². The van der Waals surface area contributed by atoms with Gasteiger partial charge in [0, 0.05) is 18.6 Å². The molecule has 9 heteroatoms. The number of hydrogen-bond donors (Lipinski definition) is 1. The Morgan fingerprint density at radius 3 is 2.85 bits per heavy atom. The molecule has 0 atom stereocenters. The molecule has 1 N–H and O–H groups in total. The third-order valence-electron chi connectivity index (χ3n) is 2.53. The number of nitrogens with zero attached hydrogens (tertiary/aromatic N) is 4. The summed E-state index contributed by atoms with van der Waals surface area (Å²) in [6.45, 7) is 0. The van der Waals surface area contributed by atoms with Crippen molar-refractivity contribution in [2.24, 2.45) is 0 Å². The Bertz CT molecular complexity index is 670. The summed E-state index contributed by atoms with van der Waals surface area (Å²) in [7, 11) is 0. The minimum atomic E-state index is -0.977. The van der Waals surface area contributed by atoms with Crippen LogP contribution in [0.25, 0.3) is 5.69 Å². The minimum absolute atomic E-state index is 0.0900. The number of nitro groups is 1. The maximum atomic E-state index is 13.5. The van der Waals surface area contributed by atoms with E-state index in [9.17, 15) is 19.3 Å². The Morgan fingerprint density at radius 1 is 1.50 bits per heavy atom. The highest BCUT2D eigenvalue weighted by Crippen LogP contribution is 2.19. The number of hydrogen-bond acceptors (Lipinski definition) is 5.